The van der Waals surface area contributed by atoms with Crippen LogP contribution in [0.1, 0.15) is 0 Å². The van der Waals surface area contributed by atoms with Gasteiger partial charge in [0.15, 0.2) is 0 Å². The van der Waals surface area contributed by atoms with Gasteiger partial charge in [-0.15, -0.1) is 0 Å². The van der Waals surface area contributed by atoms with Gasteiger partial charge in [-0.05, 0) is 35.9 Å². The molecule has 0 heterocycles. The Morgan fingerprint density at radius 1 is 0.760 bits per heavy atom. The van der Waals surface area contributed by atoms with Crippen LogP contribution >= 0.6 is 0 Å². The predicted molar refractivity (Wildman–Crippen MR) is 94.6 cm³/mol. The molecule has 0 fully saturated rings. The van der Waals surface area contributed by atoms with Crippen molar-refractivity contribution in [3.8, 4) is 22.6 Å². The van der Waals surface area contributed by atoms with E-state index < -0.39 is 0 Å². The van der Waals surface area contributed by atoms with E-state index in [1.54, 1.807) is 30.3 Å². The topological polar surface area (TPSA) is 114 Å². The zero-order valence-electron chi connectivity index (χ0n) is 13.0. The van der Waals surface area contributed by atoms with E-state index in [0.29, 0.717) is 16.9 Å². The van der Waals surface area contributed by atoms with Crippen molar-refractivity contribution in [3.63, 3.8) is 0 Å². The summed E-state index contributed by atoms with van der Waals surface area (Å²) in [6, 6.07) is 18.4. The molecule has 0 radical (unpaired) electrons. The summed E-state index contributed by atoms with van der Waals surface area (Å²) < 4.78 is 0. The van der Waals surface area contributed by atoms with Crippen LogP contribution in [0.2, 0.25) is 0 Å². The Kier molecular flexibility index (Phi) is 4.60. The molecule has 3 aromatic rings. The third-order valence-corrected chi connectivity index (χ3v) is 3.48. The number of rotatable bonds is 4. The number of aromatic hydroxyl groups is 2. The molecule has 7 nitrogen and oxygen atoms in total. The van der Waals surface area contributed by atoms with Gasteiger partial charge in [-0.1, -0.05) is 41.5 Å². The van der Waals surface area contributed by atoms with Crippen LogP contribution in [0.3, 0.4) is 0 Å². The van der Waals surface area contributed by atoms with Crippen molar-refractivity contribution in [2.24, 2.45) is 15.3 Å². The van der Waals surface area contributed by atoms with Gasteiger partial charge in [0.2, 0.25) is 0 Å². The molecule has 0 saturated carbocycles. The first-order chi connectivity index (χ1) is 12.2. The van der Waals surface area contributed by atoms with Crippen LogP contribution in [0.25, 0.3) is 21.6 Å². The van der Waals surface area contributed by atoms with E-state index in [1.807, 2.05) is 18.2 Å². The molecule has 25 heavy (non-hydrogen) atoms. The van der Waals surface area contributed by atoms with Gasteiger partial charge >= 0.3 is 0 Å². The average Bonchev–Trinajstić information content (AvgIpc) is 2.62. The monoisotopic (exact) mass is 331 g/mol. The van der Waals surface area contributed by atoms with E-state index >= 15 is 0 Å². The molecule has 0 aliphatic heterocycles. The quantitative estimate of drug-likeness (QED) is 0.340. The van der Waals surface area contributed by atoms with Gasteiger partial charge in [-0.25, -0.2) is 0 Å². The number of benzene rings is 3. The largest absolute Gasteiger partial charge is 0.507 e. The highest BCUT2D eigenvalue weighted by molar-refractivity contribution is 5.88. The van der Waals surface area contributed by atoms with Crippen molar-refractivity contribution in [3.05, 3.63) is 77.2 Å². The Morgan fingerprint density at radius 2 is 1.44 bits per heavy atom. The van der Waals surface area contributed by atoms with Crippen molar-refractivity contribution >= 4 is 17.1 Å². The maximum absolute atomic E-state index is 10.1. The Balaban J connectivity index is 2.16. The number of azo groups is 1. The second-order valence-electron chi connectivity index (χ2n) is 5.07. The maximum Gasteiger partial charge on any atom is 0.127 e. The summed E-state index contributed by atoms with van der Waals surface area (Å²) in [5, 5.41) is 32.1. The van der Waals surface area contributed by atoms with Gasteiger partial charge in [0, 0.05) is 10.5 Å². The van der Waals surface area contributed by atoms with Crippen molar-refractivity contribution < 1.29 is 10.2 Å². The van der Waals surface area contributed by atoms with E-state index in [9.17, 15) is 10.2 Å². The summed E-state index contributed by atoms with van der Waals surface area (Å²) in [7, 11) is 0. The van der Waals surface area contributed by atoms with E-state index in [0.717, 1.165) is 0 Å². The van der Waals surface area contributed by atoms with Crippen molar-refractivity contribution in [1.29, 1.82) is 0 Å². The molecule has 3 rings (SSSR count). The van der Waals surface area contributed by atoms with Gasteiger partial charge < -0.3 is 10.2 Å². The normalized spacial score (nSPS) is 10.6. The highest BCUT2D eigenvalue weighted by atomic mass is 16.3. The third-order valence-electron chi connectivity index (χ3n) is 3.48. The van der Waals surface area contributed by atoms with Crippen LogP contribution < -0.4 is 0 Å². The molecule has 0 unspecified atom stereocenters. The average molecular weight is 331 g/mol. The lowest BCUT2D eigenvalue weighted by molar-refractivity contribution is 0.454. The molecule has 0 atom stereocenters. The molecular weight excluding hydrogens is 318 g/mol. The summed E-state index contributed by atoms with van der Waals surface area (Å²) in [4.78, 5) is 2.83. The summed E-state index contributed by atoms with van der Waals surface area (Å²) in [5.74, 6) is -0.266. The number of phenols is 2. The summed E-state index contributed by atoms with van der Waals surface area (Å²) in [5.41, 5.74) is 10.6. The van der Waals surface area contributed by atoms with Gasteiger partial charge in [0.05, 0.1) is 22.6 Å². The Bertz CT molecular complexity index is 960. The van der Waals surface area contributed by atoms with Gasteiger partial charge in [0.1, 0.15) is 11.5 Å². The number of hydrogen-bond donors (Lipinski definition) is 2. The zero-order valence-corrected chi connectivity index (χ0v) is 13.0. The standard InChI is InChI=1S/C18H13N5O2/c19-23-22-18-13(17-15(24)10-5-11-16(17)25)8-4-9-14(18)21-20-12-6-2-1-3-7-12/h1-11,24-25H. The fourth-order valence-electron chi connectivity index (χ4n) is 2.37. The summed E-state index contributed by atoms with van der Waals surface area (Å²) in [6.07, 6.45) is 0. The second-order valence-corrected chi connectivity index (χ2v) is 5.07. The summed E-state index contributed by atoms with van der Waals surface area (Å²) >= 11 is 0. The molecule has 0 aliphatic carbocycles. The number of azide groups is 1. The third kappa shape index (κ3) is 3.41. The van der Waals surface area contributed by atoms with Crippen LogP contribution in [-0.2, 0) is 0 Å². The number of hydrogen-bond acceptors (Lipinski definition) is 5. The fourth-order valence-corrected chi connectivity index (χ4v) is 2.37. The van der Waals surface area contributed by atoms with Gasteiger partial charge in [-0.3, -0.25) is 0 Å². The van der Waals surface area contributed by atoms with Gasteiger partial charge in [0.25, 0.3) is 0 Å². The molecule has 0 bridgehead atoms. The van der Waals surface area contributed by atoms with Crippen LogP contribution in [0.15, 0.2) is 82.1 Å². The van der Waals surface area contributed by atoms with Crippen LogP contribution in [0.5, 0.6) is 11.5 Å². The minimum Gasteiger partial charge on any atom is -0.507 e. The maximum atomic E-state index is 10.1. The molecule has 3 aromatic carbocycles. The van der Waals surface area contributed by atoms with Gasteiger partial charge in [-0.2, -0.15) is 10.2 Å². The highest BCUT2D eigenvalue weighted by Crippen LogP contribution is 2.45. The van der Waals surface area contributed by atoms with Crippen molar-refractivity contribution in [1.82, 2.24) is 0 Å². The Hall–Kier alpha value is -3.83. The first-order valence-electron chi connectivity index (χ1n) is 7.37. The second kappa shape index (κ2) is 7.16. The van der Waals surface area contributed by atoms with Crippen LogP contribution in [0, 0.1) is 0 Å². The first kappa shape index (κ1) is 16.0. The lowest BCUT2D eigenvalue weighted by Gasteiger charge is -2.11. The lowest BCUT2D eigenvalue weighted by Crippen LogP contribution is -1.82. The van der Waals surface area contributed by atoms with Crippen molar-refractivity contribution in [2.75, 3.05) is 0 Å². The minimum absolute atomic E-state index is 0.133. The lowest BCUT2D eigenvalue weighted by atomic mass is 10.0. The zero-order chi connectivity index (χ0) is 17.6. The van der Waals surface area contributed by atoms with E-state index in [1.165, 1.54) is 18.2 Å². The SMILES string of the molecule is [N-]=[N+]=Nc1c(N=Nc2ccccc2)cccc1-c1c(O)cccc1O. The molecule has 0 aliphatic rings. The molecule has 7 heteroatoms. The molecule has 0 saturated heterocycles. The molecule has 2 N–H and O–H groups in total. The van der Waals surface area contributed by atoms with E-state index in [2.05, 4.69) is 20.3 Å². The smallest absolute Gasteiger partial charge is 0.127 e. The molecule has 0 spiro atoms. The molecule has 0 amide bonds. The predicted octanol–water partition coefficient (Wildman–Crippen LogP) is 6.12. The van der Waals surface area contributed by atoms with Crippen molar-refractivity contribution in [2.45, 2.75) is 0 Å². The van der Waals surface area contributed by atoms with E-state index in [4.69, 9.17) is 5.53 Å². The molecule has 0 aromatic heterocycles. The molecule has 122 valence electrons. The fraction of sp³-hybridized carbons (Fsp3) is 0. The number of phenolic OH excluding ortho intramolecular Hbond substituents is 2. The Labute approximate surface area is 143 Å². The van der Waals surface area contributed by atoms with Crippen LogP contribution in [0.4, 0.5) is 17.1 Å². The number of nitrogens with zero attached hydrogens (tertiary/aromatic N) is 5. The summed E-state index contributed by atoms with van der Waals surface area (Å²) in [6.45, 7) is 0. The minimum atomic E-state index is -0.133. The Morgan fingerprint density at radius 3 is 2.12 bits per heavy atom. The van der Waals surface area contributed by atoms with Crippen LogP contribution in [-0.4, -0.2) is 10.2 Å². The first-order valence-corrected chi connectivity index (χ1v) is 7.37. The highest BCUT2D eigenvalue weighted by Gasteiger charge is 2.15. The molecular formula is C18H13N5O2. The van der Waals surface area contributed by atoms with E-state index in [-0.39, 0.29) is 22.7 Å².